The van der Waals surface area contributed by atoms with E-state index in [0.29, 0.717) is 13.1 Å². The van der Waals surface area contributed by atoms with Crippen LogP contribution in [0.1, 0.15) is 39.2 Å². The molecule has 1 amide bonds. The molecule has 1 aliphatic heterocycles. The van der Waals surface area contributed by atoms with E-state index >= 15 is 0 Å². The van der Waals surface area contributed by atoms with E-state index in [0.717, 1.165) is 18.4 Å². The third-order valence-electron chi connectivity index (χ3n) is 3.92. The highest BCUT2D eigenvalue weighted by atomic mass is 16.6. The number of ether oxygens (including phenoxy) is 1. The van der Waals surface area contributed by atoms with Crippen molar-refractivity contribution in [3.05, 3.63) is 35.9 Å². The number of amides is 1. The molecular weight excluding hydrogens is 266 g/mol. The lowest BCUT2D eigenvalue weighted by molar-refractivity contribution is 0.00792. The fraction of sp³-hybridized carbons (Fsp3) is 0.588. The number of piperidine rings is 1. The van der Waals surface area contributed by atoms with Crippen molar-refractivity contribution in [2.75, 3.05) is 19.7 Å². The van der Waals surface area contributed by atoms with E-state index in [1.165, 1.54) is 0 Å². The Morgan fingerprint density at radius 2 is 2.00 bits per heavy atom. The lowest BCUT2D eigenvalue weighted by Crippen LogP contribution is -2.51. The average Bonchev–Trinajstić information content (AvgIpc) is 2.46. The SMILES string of the molecule is CC(C)(C)OC(=O)N1CCCC(CO)(c2ccccc2)C1. The van der Waals surface area contributed by atoms with Gasteiger partial charge in [-0.15, -0.1) is 0 Å². The summed E-state index contributed by atoms with van der Waals surface area (Å²) in [6.45, 7) is 6.82. The molecular formula is C17H25NO3. The molecule has 4 heteroatoms. The summed E-state index contributed by atoms with van der Waals surface area (Å²) in [5.74, 6) is 0. The van der Waals surface area contributed by atoms with E-state index in [2.05, 4.69) is 0 Å². The number of hydrogen-bond donors (Lipinski definition) is 1. The van der Waals surface area contributed by atoms with Crippen LogP contribution in [0.2, 0.25) is 0 Å². The van der Waals surface area contributed by atoms with Crippen molar-refractivity contribution < 1.29 is 14.6 Å². The maximum Gasteiger partial charge on any atom is 0.410 e. The quantitative estimate of drug-likeness (QED) is 0.911. The average molecular weight is 291 g/mol. The molecule has 1 aromatic carbocycles. The summed E-state index contributed by atoms with van der Waals surface area (Å²) in [7, 11) is 0. The van der Waals surface area contributed by atoms with Crippen molar-refractivity contribution in [3.63, 3.8) is 0 Å². The minimum atomic E-state index is -0.497. The van der Waals surface area contributed by atoms with E-state index in [9.17, 15) is 9.90 Å². The van der Waals surface area contributed by atoms with Crippen LogP contribution in [0.3, 0.4) is 0 Å². The number of nitrogens with zero attached hydrogens (tertiary/aromatic N) is 1. The van der Waals surface area contributed by atoms with Crippen molar-refractivity contribution in [3.8, 4) is 0 Å². The number of aliphatic hydroxyl groups is 1. The van der Waals surface area contributed by atoms with Crippen molar-refractivity contribution in [2.45, 2.75) is 44.6 Å². The molecule has 1 aliphatic rings. The van der Waals surface area contributed by atoms with E-state index in [-0.39, 0.29) is 18.1 Å². The first-order valence-electron chi connectivity index (χ1n) is 7.51. The van der Waals surface area contributed by atoms with Crippen LogP contribution in [0.15, 0.2) is 30.3 Å². The van der Waals surface area contributed by atoms with Crippen LogP contribution < -0.4 is 0 Å². The highest BCUT2D eigenvalue weighted by Gasteiger charge is 2.39. The van der Waals surface area contributed by atoms with Gasteiger partial charge in [0.1, 0.15) is 5.60 Å². The molecule has 1 unspecified atom stereocenters. The molecule has 1 fully saturated rings. The first-order chi connectivity index (χ1) is 9.86. The van der Waals surface area contributed by atoms with Crippen LogP contribution in [0, 0.1) is 0 Å². The maximum absolute atomic E-state index is 12.3. The number of carbonyl (C=O) groups excluding carboxylic acids is 1. The third kappa shape index (κ3) is 3.76. The fourth-order valence-corrected chi connectivity index (χ4v) is 2.86. The molecule has 1 N–H and O–H groups in total. The maximum atomic E-state index is 12.3. The molecule has 0 aromatic heterocycles. The topological polar surface area (TPSA) is 49.8 Å². The summed E-state index contributed by atoms with van der Waals surface area (Å²) in [4.78, 5) is 14.0. The second kappa shape index (κ2) is 6.06. The highest BCUT2D eigenvalue weighted by Crippen LogP contribution is 2.34. The van der Waals surface area contributed by atoms with Gasteiger partial charge in [0.15, 0.2) is 0 Å². The van der Waals surface area contributed by atoms with Crippen molar-refractivity contribution in [2.24, 2.45) is 0 Å². The largest absolute Gasteiger partial charge is 0.444 e. The summed E-state index contributed by atoms with van der Waals surface area (Å²) in [6.07, 6.45) is 1.46. The predicted octanol–water partition coefficient (Wildman–Crippen LogP) is 2.95. The summed E-state index contributed by atoms with van der Waals surface area (Å²) in [5.41, 5.74) is 0.209. The van der Waals surface area contributed by atoms with E-state index < -0.39 is 5.60 Å². The van der Waals surface area contributed by atoms with Gasteiger partial charge in [0.25, 0.3) is 0 Å². The zero-order valence-corrected chi connectivity index (χ0v) is 13.1. The second-order valence-electron chi connectivity index (χ2n) is 6.81. The Hall–Kier alpha value is -1.55. The predicted molar refractivity (Wildman–Crippen MR) is 82.2 cm³/mol. The first kappa shape index (κ1) is 15.8. The van der Waals surface area contributed by atoms with Crippen molar-refractivity contribution in [1.82, 2.24) is 4.90 Å². The van der Waals surface area contributed by atoms with Gasteiger partial charge in [-0.25, -0.2) is 4.79 Å². The van der Waals surface area contributed by atoms with Crippen LogP contribution in [-0.2, 0) is 10.2 Å². The summed E-state index contributed by atoms with van der Waals surface area (Å²) in [6, 6.07) is 9.95. The molecule has 0 saturated carbocycles. The summed E-state index contributed by atoms with van der Waals surface area (Å²) < 4.78 is 5.46. The normalized spacial score (nSPS) is 23.0. The van der Waals surface area contributed by atoms with Crippen LogP contribution in [0.25, 0.3) is 0 Å². The van der Waals surface area contributed by atoms with Gasteiger partial charge in [0.05, 0.1) is 6.61 Å². The van der Waals surface area contributed by atoms with Crippen molar-refractivity contribution in [1.29, 1.82) is 0 Å². The smallest absolute Gasteiger partial charge is 0.410 e. The van der Waals surface area contributed by atoms with Gasteiger partial charge in [-0.05, 0) is 39.2 Å². The number of likely N-dealkylation sites (tertiary alicyclic amines) is 1. The van der Waals surface area contributed by atoms with Gasteiger partial charge in [-0.2, -0.15) is 0 Å². The highest BCUT2D eigenvalue weighted by molar-refractivity contribution is 5.68. The Morgan fingerprint density at radius 1 is 1.33 bits per heavy atom. The van der Waals surface area contributed by atoms with Gasteiger partial charge in [-0.1, -0.05) is 30.3 Å². The molecule has 0 bridgehead atoms. The monoisotopic (exact) mass is 291 g/mol. The zero-order valence-electron chi connectivity index (χ0n) is 13.1. The Bertz CT molecular complexity index is 481. The number of hydrogen-bond acceptors (Lipinski definition) is 3. The van der Waals surface area contributed by atoms with Crippen LogP contribution in [-0.4, -0.2) is 41.4 Å². The third-order valence-corrected chi connectivity index (χ3v) is 3.92. The first-order valence-corrected chi connectivity index (χ1v) is 7.51. The van der Waals surface area contributed by atoms with Gasteiger partial charge in [-0.3, -0.25) is 0 Å². The molecule has 0 radical (unpaired) electrons. The lowest BCUT2D eigenvalue weighted by Gasteiger charge is -2.42. The molecule has 21 heavy (non-hydrogen) atoms. The van der Waals surface area contributed by atoms with Gasteiger partial charge < -0.3 is 14.7 Å². The number of aliphatic hydroxyl groups excluding tert-OH is 1. The van der Waals surface area contributed by atoms with E-state index in [1.54, 1.807) is 4.90 Å². The second-order valence-corrected chi connectivity index (χ2v) is 6.81. The molecule has 1 saturated heterocycles. The fourth-order valence-electron chi connectivity index (χ4n) is 2.86. The standard InChI is InChI=1S/C17H25NO3/c1-16(2,3)21-15(20)18-11-7-10-17(12-18,13-19)14-8-5-4-6-9-14/h4-6,8-9,19H,7,10-13H2,1-3H3. The Morgan fingerprint density at radius 3 is 2.57 bits per heavy atom. The number of benzene rings is 1. The number of carbonyl (C=O) groups is 1. The van der Waals surface area contributed by atoms with Gasteiger partial charge in [0.2, 0.25) is 0 Å². The lowest BCUT2D eigenvalue weighted by atomic mass is 9.75. The Labute approximate surface area is 126 Å². The summed E-state index contributed by atoms with van der Waals surface area (Å²) in [5, 5.41) is 9.95. The molecule has 116 valence electrons. The Kier molecular flexibility index (Phi) is 4.57. The zero-order chi connectivity index (χ0) is 15.5. The summed E-state index contributed by atoms with van der Waals surface area (Å²) >= 11 is 0. The molecule has 0 aliphatic carbocycles. The van der Waals surface area contributed by atoms with E-state index in [1.807, 2.05) is 51.1 Å². The van der Waals surface area contributed by atoms with E-state index in [4.69, 9.17) is 4.74 Å². The Balaban J connectivity index is 2.17. The van der Waals surface area contributed by atoms with Gasteiger partial charge >= 0.3 is 6.09 Å². The van der Waals surface area contributed by atoms with Crippen molar-refractivity contribution >= 4 is 6.09 Å². The molecule has 1 atom stereocenters. The van der Waals surface area contributed by atoms with Crippen LogP contribution >= 0.6 is 0 Å². The molecule has 1 heterocycles. The molecule has 0 spiro atoms. The van der Waals surface area contributed by atoms with Crippen LogP contribution in [0.5, 0.6) is 0 Å². The van der Waals surface area contributed by atoms with Gasteiger partial charge in [0, 0.05) is 18.5 Å². The minimum Gasteiger partial charge on any atom is -0.444 e. The van der Waals surface area contributed by atoms with Crippen LogP contribution in [0.4, 0.5) is 4.79 Å². The molecule has 4 nitrogen and oxygen atoms in total. The number of rotatable bonds is 2. The molecule has 2 rings (SSSR count). The molecule has 1 aromatic rings. The minimum absolute atomic E-state index is 0.0380.